The lowest BCUT2D eigenvalue weighted by molar-refractivity contribution is -0.147. The van der Waals surface area contributed by atoms with Gasteiger partial charge in [0.05, 0.1) is 23.8 Å². The summed E-state index contributed by atoms with van der Waals surface area (Å²) in [6.45, 7) is 2.84. The Labute approximate surface area is 186 Å². The van der Waals surface area contributed by atoms with E-state index in [0.717, 1.165) is 36.9 Å². The van der Waals surface area contributed by atoms with Crippen molar-refractivity contribution in [3.05, 3.63) is 36.8 Å². The number of sulfonamides is 1. The van der Waals surface area contributed by atoms with Crippen LogP contribution >= 0.6 is 0 Å². The van der Waals surface area contributed by atoms with E-state index in [4.69, 9.17) is 0 Å². The van der Waals surface area contributed by atoms with Crippen molar-refractivity contribution >= 4 is 39.3 Å². The molecule has 0 aliphatic carbocycles. The Balaban J connectivity index is 1.30. The van der Waals surface area contributed by atoms with Gasteiger partial charge < -0.3 is 9.80 Å². The van der Waals surface area contributed by atoms with Gasteiger partial charge in [0.2, 0.25) is 27.8 Å². The fourth-order valence-corrected chi connectivity index (χ4v) is 4.69. The minimum atomic E-state index is -3.76. The van der Waals surface area contributed by atoms with Gasteiger partial charge in [-0.3, -0.25) is 19.2 Å². The lowest BCUT2D eigenvalue weighted by Gasteiger charge is -2.35. The van der Waals surface area contributed by atoms with Gasteiger partial charge >= 0.3 is 0 Å². The fourth-order valence-electron chi connectivity index (χ4n) is 3.70. The summed E-state index contributed by atoms with van der Waals surface area (Å²) in [5, 5.41) is 0. The van der Waals surface area contributed by atoms with Crippen LogP contribution in [0.5, 0.6) is 0 Å². The van der Waals surface area contributed by atoms with E-state index < -0.39 is 10.0 Å². The minimum absolute atomic E-state index is 0.160. The summed E-state index contributed by atoms with van der Waals surface area (Å²) >= 11 is 0. The third-order valence-corrected chi connectivity index (χ3v) is 6.68. The first-order chi connectivity index (χ1) is 15.4. The van der Waals surface area contributed by atoms with Crippen LogP contribution in [0.15, 0.2) is 36.8 Å². The zero-order chi connectivity index (χ0) is 22.6. The Bertz CT molecular complexity index is 1040. The smallest absolute Gasteiger partial charge is 0.234 e. The summed E-state index contributed by atoms with van der Waals surface area (Å²) in [5.74, 6) is 0.435. The number of hydrogen-bond acceptors (Lipinski definition) is 9. The highest BCUT2D eigenvalue weighted by molar-refractivity contribution is 7.92. The first-order valence-corrected chi connectivity index (χ1v) is 12.1. The number of nitrogens with one attached hydrogen (secondary N) is 1. The molecule has 0 unspecified atom stereocenters. The third-order valence-electron chi connectivity index (χ3n) is 5.41. The summed E-state index contributed by atoms with van der Waals surface area (Å²) < 4.78 is 27.2. The van der Waals surface area contributed by atoms with Crippen LogP contribution in [0.4, 0.5) is 17.5 Å². The van der Waals surface area contributed by atoms with Gasteiger partial charge in [-0.15, -0.1) is 0 Å². The van der Waals surface area contributed by atoms with Crippen LogP contribution in [-0.2, 0) is 19.6 Å². The maximum atomic E-state index is 12.4. The van der Waals surface area contributed by atoms with E-state index in [1.54, 1.807) is 6.20 Å². The molecule has 1 N–H and O–H groups in total. The molecular formula is C20H25N7O4S. The highest BCUT2D eigenvalue weighted by Gasteiger charge is 2.27. The Morgan fingerprint density at radius 3 is 2.19 bits per heavy atom. The number of carbonyl (C=O) groups is 2. The third kappa shape index (κ3) is 5.31. The molecule has 11 nitrogen and oxygen atoms in total. The van der Waals surface area contributed by atoms with E-state index in [1.807, 2.05) is 23.1 Å². The zero-order valence-corrected chi connectivity index (χ0v) is 18.4. The number of imide groups is 1. The number of aromatic nitrogens is 3. The molecule has 170 valence electrons. The molecule has 0 radical (unpaired) electrons. The molecule has 2 fully saturated rings. The van der Waals surface area contributed by atoms with E-state index in [-0.39, 0.29) is 42.6 Å². The molecule has 0 atom stereocenters. The molecular weight excluding hydrogens is 434 g/mol. The van der Waals surface area contributed by atoms with Gasteiger partial charge in [0.15, 0.2) is 0 Å². The molecule has 0 bridgehead atoms. The number of likely N-dealkylation sites (tertiary alicyclic amines) is 1. The summed E-state index contributed by atoms with van der Waals surface area (Å²) in [5.41, 5.74) is 0.233. The number of nitrogens with zero attached hydrogens (tertiary/aromatic N) is 6. The van der Waals surface area contributed by atoms with Gasteiger partial charge in [-0.05, 0) is 18.6 Å². The van der Waals surface area contributed by atoms with Crippen LogP contribution in [0.1, 0.15) is 19.3 Å². The SMILES string of the molecule is O=C1CCCC(=O)N1CCS(=O)(=O)Nc1cnc(N2CCN(c3ccccn3)CC2)nc1. The summed E-state index contributed by atoms with van der Waals surface area (Å²) in [6.07, 6.45) is 5.66. The number of rotatable bonds is 7. The Kier molecular flexibility index (Phi) is 6.49. The standard InChI is InChI=1S/C20H25N7O4S/c28-18-5-3-6-19(29)27(18)12-13-32(30,31)24-16-14-22-20(23-15-16)26-10-8-25(9-11-26)17-4-1-2-7-21-17/h1-2,4,7,14-15,24H,3,5-6,8-13H2. The van der Waals surface area contributed by atoms with Crippen molar-refractivity contribution in [1.82, 2.24) is 19.9 Å². The van der Waals surface area contributed by atoms with Gasteiger partial charge in [0.25, 0.3) is 0 Å². The monoisotopic (exact) mass is 459 g/mol. The van der Waals surface area contributed by atoms with Crippen molar-refractivity contribution in [3.63, 3.8) is 0 Å². The number of hydrogen-bond donors (Lipinski definition) is 1. The first kappa shape index (κ1) is 21.9. The van der Waals surface area contributed by atoms with Crippen LogP contribution in [0, 0.1) is 0 Å². The zero-order valence-electron chi connectivity index (χ0n) is 17.6. The number of piperidine rings is 1. The van der Waals surface area contributed by atoms with Crippen LogP contribution in [-0.4, -0.2) is 78.6 Å². The lowest BCUT2D eigenvalue weighted by Crippen LogP contribution is -2.47. The van der Waals surface area contributed by atoms with Gasteiger partial charge in [-0.1, -0.05) is 6.07 Å². The topological polar surface area (TPSA) is 129 Å². The van der Waals surface area contributed by atoms with Crippen molar-refractivity contribution < 1.29 is 18.0 Å². The number of carbonyl (C=O) groups excluding carboxylic acids is 2. The van der Waals surface area contributed by atoms with E-state index in [9.17, 15) is 18.0 Å². The number of anilines is 3. The van der Waals surface area contributed by atoms with Gasteiger partial charge in [-0.25, -0.2) is 23.4 Å². The van der Waals surface area contributed by atoms with E-state index in [0.29, 0.717) is 12.4 Å². The second-order valence-electron chi connectivity index (χ2n) is 7.65. The largest absolute Gasteiger partial charge is 0.353 e. The first-order valence-electron chi connectivity index (χ1n) is 10.5. The predicted molar refractivity (Wildman–Crippen MR) is 119 cm³/mol. The normalized spacial score (nSPS) is 17.6. The summed E-state index contributed by atoms with van der Waals surface area (Å²) in [7, 11) is -3.76. The molecule has 0 spiro atoms. The maximum absolute atomic E-state index is 12.4. The Morgan fingerprint density at radius 2 is 1.56 bits per heavy atom. The van der Waals surface area contributed by atoms with Crippen LogP contribution in [0.25, 0.3) is 0 Å². The minimum Gasteiger partial charge on any atom is -0.353 e. The van der Waals surface area contributed by atoms with Crippen molar-refractivity contribution in [2.24, 2.45) is 0 Å². The predicted octanol–water partition coefficient (Wildman–Crippen LogP) is 0.479. The summed E-state index contributed by atoms with van der Waals surface area (Å²) in [4.78, 5) is 41.9. The van der Waals surface area contributed by atoms with Crippen molar-refractivity contribution in [1.29, 1.82) is 0 Å². The van der Waals surface area contributed by atoms with Crippen LogP contribution in [0.3, 0.4) is 0 Å². The molecule has 4 rings (SSSR count). The van der Waals surface area contributed by atoms with Gasteiger partial charge in [0, 0.05) is 51.8 Å². The molecule has 2 aromatic rings. The van der Waals surface area contributed by atoms with Crippen molar-refractivity contribution in [2.75, 3.05) is 53.0 Å². The van der Waals surface area contributed by atoms with E-state index in [2.05, 4.69) is 24.6 Å². The maximum Gasteiger partial charge on any atom is 0.234 e. The lowest BCUT2D eigenvalue weighted by atomic mass is 10.1. The average molecular weight is 460 g/mol. The molecule has 32 heavy (non-hydrogen) atoms. The second-order valence-corrected chi connectivity index (χ2v) is 9.49. The number of pyridine rings is 1. The quantitative estimate of drug-likeness (QED) is 0.588. The highest BCUT2D eigenvalue weighted by Crippen LogP contribution is 2.17. The molecule has 2 amide bonds. The van der Waals surface area contributed by atoms with Gasteiger partial charge in [-0.2, -0.15) is 0 Å². The van der Waals surface area contributed by atoms with E-state index >= 15 is 0 Å². The Hall–Kier alpha value is -3.28. The molecule has 0 aromatic carbocycles. The van der Waals surface area contributed by atoms with Crippen LogP contribution < -0.4 is 14.5 Å². The molecule has 12 heteroatoms. The highest BCUT2D eigenvalue weighted by atomic mass is 32.2. The molecule has 2 aliphatic rings. The molecule has 2 aliphatic heterocycles. The second kappa shape index (κ2) is 9.47. The molecule has 2 saturated heterocycles. The van der Waals surface area contributed by atoms with E-state index in [1.165, 1.54) is 12.4 Å². The fraction of sp³-hybridized carbons (Fsp3) is 0.450. The molecule has 2 aromatic heterocycles. The van der Waals surface area contributed by atoms with Gasteiger partial charge in [0.1, 0.15) is 5.82 Å². The number of piperazine rings is 1. The van der Waals surface area contributed by atoms with Crippen LogP contribution in [0.2, 0.25) is 0 Å². The van der Waals surface area contributed by atoms with Crippen molar-refractivity contribution in [3.8, 4) is 0 Å². The number of amides is 2. The van der Waals surface area contributed by atoms with Crippen molar-refractivity contribution in [2.45, 2.75) is 19.3 Å². The summed E-state index contributed by atoms with van der Waals surface area (Å²) in [6, 6.07) is 5.82. The Morgan fingerprint density at radius 1 is 0.906 bits per heavy atom. The average Bonchev–Trinajstić information content (AvgIpc) is 2.80. The molecule has 0 saturated carbocycles. The molecule has 4 heterocycles.